The van der Waals surface area contributed by atoms with Gasteiger partial charge >= 0.3 is 0 Å². The molecule has 1 saturated heterocycles. The molecule has 2 amide bonds. The smallest absolute Gasteiger partial charge is 0.237 e. The lowest BCUT2D eigenvalue weighted by Crippen LogP contribution is -2.53. The summed E-state index contributed by atoms with van der Waals surface area (Å²) in [5.74, 6) is -0.540. The van der Waals surface area contributed by atoms with Gasteiger partial charge in [0, 0.05) is 19.1 Å². The van der Waals surface area contributed by atoms with Crippen LogP contribution in [-0.2, 0) is 25.8 Å². The fourth-order valence-corrected chi connectivity index (χ4v) is 5.14. The van der Waals surface area contributed by atoms with Crippen molar-refractivity contribution in [3.8, 4) is 0 Å². The quantitative estimate of drug-likeness (QED) is 0.538. The van der Waals surface area contributed by atoms with Crippen LogP contribution in [0, 0.1) is 5.41 Å². The summed E-state index contributed by atoms with van der Waals surface area (Å²) in [4.78, 5) is 27.1. The Hall–Kier alpha value is -1.89. The third kappa shape index (κ3) is 5.54. The summed E-state index contributed by atoms with van der Waals surface area (Å²) in [6.07, 6.45) is 2.09. The monoisotopic (exact) mass is 394 g/mol. The maximum atomic E-state index is 13.0. The number of carbonyl (C=O) groups excluding carboxylic acids is 2. The van der Waals surface area contributed by atoms with Gasteiger partial charge in [0.2, 0.25) is 11.8 Å². The number of hydrogen-bond acceptors (Lipinski definition) is 4. The van der Waals surface area contributed by atoms with Crippen molar-refractivity contribution in [1.82, 2.24) is 10.2 Å². The van der Waals surface area contributed by atoms with Crippen molar-refractivity contribution >= 4 is 21.7 Å². The minimum Gasteiger partial charge on any atom is -0.355 e. The van der Waals surface area contributed by atoms with Crippen LogP contribution in [0.1, 0.15) is 39.2 Å². The van der Waals surface area contributed by atoms with Gasteiger partial charge in [-0.3, -0.25) is 9.59 Å². The van der Waals surface area contributed by atoms with E-state index in [9.17, 15) is 18.0 Å². The summed E-state index contributed by atoms with van der Waals surface area (Å²) in [6.45, 7) is 5.91. The Balaban J connectivity index is 1.90. The van der Waals surface area contributed by atoms with Crippen molar-refractivity contribution in [2.45, 2.75) is 46.1 Å². The second kappa shape index (κ2) is 8.87. The molecule has 1 aromatic rings. The van der Waals surface area contributed by atoms with E-state index in [-0.39, 0.29) is 29.4 Å². The van der Waals surface area contributed by atoms with E-state index in [1.165, 1.54) is 5.56 Å². The van der Waals surface area contributed by atoms with Gasteiger partial charge in [-0.25, -0.2) is 8.42 Å². The van der Waals surface area contributed by atoms with Gasteiger partial charge in [-0.15, -0.1) is 0 Å². The summed E-state index contributed by atoms with van der Waals surface area (Å²) in [5.41, 5.74) is -0.0172. The number of rotatable bonds is 8. The van der Waals surface area contributed by atoms with Crippen molar-refractivity contribution < 1.29 is 18.0 Å². The van der Waals surface area contributed by atoms with Crippen LogP contribution in [0.15, 0.2) is 30.3 Å². The standard InChI is InChI=1S/C20H30N2O4S/c1-4-22(17-12-14-27(25,26)15-17)19(24)20(2,3)18(23)21-13-8-11-16-9-6-5-7-10-16/h5-7,9-10,17H,4,8,11-15H2,1-3H3,(H,21,23). The molecule has 2 rings (SSSR count). The van der Waals surface area contributed by atoms with Crippen molar-refractivity contribution in [2.75, 3.05) is 24.6 Å². The van der Waals surface area contributed by atoms with Gasteiger partial charge in [-0.2, -0.15) is 0 Å². The second-order valence-corrected chi connectivity index (χ2v) is 9.85. The Morgan fingerprint density at radius 1 is 1.22 bits per heavy atom. The highest BCUT2D eigenvalue weighted by atomic mass is 32.2. The molecule has 1 unspecified atom stereocenters. The van der Waals surface area contributed by atoms with Crippen molar-refractivity contribution in [3.05, 3.63) is 35.9 Å². The molecule has 0 aliphatic carbocycles. The maximum absolute atomic E-state index is 13.0. The normalized spacial score (nSPS) is 18.9. The third-order valence-electron chi connectivity index (χ3n) is 5.12. The van der Waals surface area contributed by atoms with Gasteiger partial charge in [0.05, 0.1) is 11.5 Å². The third-order valence-corrected chi connectivity index (χ3v) is 6.87. The molecule has 1 fully saturated rings. The number of hydrogen-bond donors (Lipinski definition) is 1. The lowest BCUT2D eigenvalue weighted by Gasteiger charge is -2.34. The molecule has 1 heterocycles. The summed E-state index contributed by atoms with van der Waals surface area (Å²) in [6, 6.07) is 9.69. The van der Waals surface area contributed by atoms with E-state index in [4.69, 9.17) is 0 Å². The van der Waals surface area contributed by atoms with Crippen LogP contribution in [-0.4, -0.2) is 55.8 Å². The molecule has 27 heavy (non-hydrogen) atoms. The average molecular weight is 395 g/mol. The predicted molar refractivity (Wildman–Crippen MR) is 106 cm³/mol. The first kappa shape index (κ1) is 21.4. The molecular formula is C20H30N2O4S. The highest BCUT2D eigenvalue weighted by molar-refractivity contribution is 7.91. The number of benzene rings is 1. The minimum atomic E-state index is -3.09. The Morgan fingerprint density at radius 3 is 2.44 bits per heavy atom. The van der Waals surface area contributed by atoms with E-state index in [1.807, 2.05) is 37.3 Å². The van der Waals surface area contributed by atoms with Crippen LogP contribution in [0.2, 0.25) is 0 Å². The van der Waals surface area contributed by atoms with Gasteiger partial charge in [0.1, 0.15) is 5.41 Å². The fourth-order valence-electron chi connectivity index (χ4n) is 3.41. The van der Waals surface area contributed by atoms with Crippen molar-refractivity contribution in [3.63, 3.8) is 0 Å². The first-order valence-electron chi connectivity index (χ1n) is 9.51. The summed E-state index contributed by atoms with van der Waals surface area (Å²) < 4.78 is 23.5. The average Bonchev–Trinajstić information content (AvgIpc) is 2.99. The molecule has 1 aliphatic rings. The highest BCUT2D eigenvalue weighted by Gasteiger charge is 2.43. The molecule has 0 spiro atoms. The number of amides is 2. The molecule has 1 aliphatic heterocycles. The summed E-state index contributed by atoms with van der Waals surface area (Å²) in [7, 11) is -3.09. The molecule has 1 aromatic carbocycles. The first-order chi connectivity index (χ1) is 12.7. The zero-order valence-electron chi connectivity index (χ0n) is 16.4. The van der Waals surface area contributed by atoms with Gasteiger partial charge < -0.3 is 10.2 Å². The van der Waals surface area contributed by atoms with Crippen LogP contribution < -0.4 is 5.32 Å². The SMILES string of the molecule is CCN(C(=O)C(C)(C)C(=O)NCCCc1ccccc1)C1CCS(=O)(=O)C1. The van der Waals surface area contributed by atoms with Gasteiger partial charge in [-0.05, 0) is 45.6 Å². The van der Waals surface area contributed by atoms with E-state index < -0.39 is 15.3 Å². The van der Waals surface area contributed by atoms with E-state index in [2.05, 4.69) is 5.32 Å². The summed E-state index contributed by atoms with van der Waals surface area (Å²) >= 11 is 0. The molecule has 150 valence electrons. The molecule has 6 nitrogen and oxygen atoms in total. The fraction of sp³-hybridized carbons (Fsp3) is 0.600. The Kier molecular flexibility index (Phi) is 7.03. The first-order valence-corrected chi connectivity index (χ1v) is 11.3. The van der Waals surface area contributed by atoms with Crippen LogP contribution in [0.4, 0.5) is 0 Å². The largest absolute Gasteiger partial charge is 0.355 e. The number of sulfone groups is 1. The Morgan fingerprint density at radius 2 is 1.89 bits per heavy atom. The predicted octanol–water partition coefficient (Wildman–Crippen LogP) is 1.80. The highest BCUT2D eigenvalue weighted by Crippen LogP contribution is 2.25. The maximum Gasteiger partial charge on any atom is 0.237 e. The second-order valence-electron chi connectivity index (χ2n) is 7.62. The van der Waals surface area contributed by atoms with Crippen LogP contribution in [0.3, 0.4) is 0 Å². The molecule has 0 aromatic heterocycles. The number of nitrogens with zero attached hydrogens (tertiary/aromatic N) is 1. The van der Waals surface area contributed by atoms with Crippen molar-refractivity contribution in [2.24, 2.45) is 5.41 Å². The number of aryl methyl sites for hydroxylation is 1. The molecule has 0 bridgehead atoms. The lowest BCUT2D eigenvalue weighted by atomic mass is 9.89. The Bertz CT molecular complexity index is 759. The van der Waals surface area contributed by atoms with Gasteiger partial charge in [0.15, 0.2) is 9.84 Å². The number of carbonyl (C=O) groups is 2. The lowest BCUT2D eigenvalue weighted by molar-refractivity contribution is -0.149. The van der Waals surface area contributed by atoms with Crippen LogP contribution in [0.25, 0.3) is 0 Å². The zero-order chi connectivity index (χ0) is 20.1. The molecule has 1 atom stereocenters. The van der Waals surface area contributed by atoms with Crippen molar-refractivity contribution in [1.29, 1.82) is 0 Å². The topological polar surface area (TPSA) is 83.6 Å². The molecule has 0 radical (unpaired) electrons. The van der Waals surface area contributed by atoms with Crippen LogP contribution >= 0.6 is 0 Å². The van der Waals surface area contributed by atoms with E-state index in [0.717, 1.165) is 12.8 Å². The van der Waals surface area contributed by atoms with Crippen LogP contribution in [0.5, 0.6) is 0 Å². The van der Waals surface area contributed by atoms with Gasteiger partial charge in [-0.1, -0.05) is 30.3 Å². The Labute approximate surface area is 162 Å². The zero-order valence-corrected chi connectivity index (χ0v) is 17.2. The van der Waals surface area contributed by atoms with Gasteiger partial charge in [0.25, 0.3) is 0 Å². The van der Waals surface area contributed by atoms with E-state index in [0.29, 0.717) is 19.5 Å². The molecule has 1 N–H and O–H groups in total. The minimum absolute atomic E-state index is 0.0125. The number of nitrogens with one attached hydrogen (secondary N) is 1. The summed E-state index contributed by atoms with van der Waals surface area (Å²) in [5, 5.41) is 2.86. The molecule has 0 saturated carbocycles. The van der Waals surface area contributed by atoms with E-state index in [1.54, 1.807) is 18.7 Å². The van der Waals surface area contributed by atoms with E-state index >= 15 is 0 Å². The molecule has 7 heteroatoms. The molecular weight excluding hydrogens is 364 g/mol.